The van der Waals surface area contributed by atoms with Crippen LogP contribution in [0.2, 0.25) is 0 Å². The molecule has 0 rings (SSSR count). The topological polar surface area (TPSA) is 90.2 Å². The van der Waals surface area contributed by atoms with E-state index < -0.39 is 14.2 Å². The van der Waals surface area contributed by atoms with Gasteiger partial charge in [0, 0.05) is 5.41 Å². The zero-order valence-electron chi connectivity index (χ0n) is 8.84. The van der Waals surface area contributed by atoms with Crippen molar-refractivity contribution in [2.75, 3.05) is 12.8 Å². The number of ether oxygens (including phenoxy) is 1. The Hall–Kier alpha value is 0.230. The van der Waals surface area contributed by atoms with E-state index in [1.54, 1.807) is 0 Å². The van der Waals surface area contributed by atoms with Crippen molar-refractivity contribution in [1.82, 2.24) is 0 Å². The summed E-state index contributed by atoms with van der Waals surface area (Å²) in [5, 5.41) is 9.52. The number of hydrogen-bond donors (Lipinski definition) is 4. The van der Waals surface area contributed by atoms with E-state index in [4.69, 9.17) is 19.4 Å². The summed E-state index contributed by atoms with van der Waals surface area (Å²) in [5.74, 6) is 0. The average Bonchev–Trinajstić information content (AvgIpc) is 2.02. The second kappa shape index (κ2) is 5.35. The molecule has 1 unspecified atom stereocenters. The van der Waals surface area contributed by atoms with Gasteiger partial charge in [-0.2, -0.15) is 14.7 Å². The Morgan fingerprint density at radius 3 is 2.14 bits per heavy atom. The molecule has 86 valence electrons. The highest BCUT2D eigenvalue weighted by atomic mass is 31.2. The highest BCUT2D eigenvalue weighted by Gasteiger charge is 2.32. The molecule has 0 amide bonds. The summed E-state index contributed by atoms with van der Waals surface area (Å²) >= 11 is 0. The molecule has 4 N–H and O–H groups in total. The summed E-state index contributed by atoms with van der Waals surface area (Å²) in [6.07, 6.45) is -0.463. The Morgan fingerprint density at radius 2 is 1.79 bits per heavy atom. The van der Waals surface area contributed by atoms with Crippen LogP contribution in [0, 0.1) is 5.41 Å². The van der Waals surface area contributed by atoms with Gasteiger partial charge in [0.15, 0.2) is 12.5 Å². The summed E-state index contributed by atoms with van der Waals surface area (Å²) in [5.41, 5.74) is -0.374. The van der Waals surface area contributed by atoms with Crippen LogP contribution in [-0.2, 0) is 4.74 Å². The van der Waals surface area contributed by atoms with Gasteiger partial charge in [-0.15, -0.1) is 0 Å². The van der Waals surface area contributed by atoms with E-state index >= 15 is 0 Å². The maximum absolute atomic E-state index is 9.52. The molecule has 14 heavy (non-hydrogen) atoms. The molecule has 0 saturated heterocycles. The SMILES string of the molecule is CCC(C)(C)C(O)OCC[P+](O)(O)O. The van der Waals surface area contributed by atoms with Crippen molar-refractivity contribution in [3.8, 4) is 0 Å². The monoisotopic (exact) mass is 227 g/mol. The van der Waals surface area contributed by atoms with Gasteiger partial charge < -0.3 is 9.84 Å². The van der Waals surface area contributed by atoms with Crippen LogP contribution in [-0.4, -0.2) is 38.8 Å². The lowest BCUT2D eigenvalue weighted by molar-refractivity contribution is -0.162. The molecule has 0 aromatic carbocycles. The van der Waals surface area contributed by atoms with E-state index in [-0.39, 0.29) is 18.2 Å². The predicted octanol–water partition coefficient (Wildman–Crippen LogP) is 0.497. The molecule has 0 fully saturated rings. The fourth-order valence-electron chi connectivity index (χ4n) is 0.687. The Morgan fingerprint density at radius 1 is 1.29 bits per heavy atom. The molecular weight excluding hydrogens is 207 g/mol. The van der Waals surface area contributed by atoms with Crippen molar-refractivity contribution in [2.24, 2.45) is 5.41 Å². The van der Waals surface area contributed by atoms with Crippen molar-refractivity contribution in [3.63, 3.8) is 0 Å². The molecule has 0 saturated carbocycles. The van der Waals surface area contributed by atoms with Crippen LogP contribution in [0.1, 0.15) is 27.2 Å². The molecule has 1 atom stereocenters. The first-order valence-electron chi connectivity index (χ1n) is 4.55. The molecule has 0 aromatic rings. The van der Waals surface area contributed by atoms with Gasteiger partial charge in [0.25, 0.3) is 0 Å². The smallest absolute Gasteiger partial charge is 0.368 e. The van der Waals surface area contributed by atoms with Crippen molar-refractivity contribution in [1.29, 1.82) is 0 Å². The highest BCUT2D eigenvalue weighted by Crippen LogP contribution is 2.43. The van der Waals surface area contributed by atoms with Crippen LogP contribution in [0.4, 0.5) is 0 Å². The molecule has 0 aromatic heterocycles. The first kappa shape index (κ1) is 14.2. The molecule has 5 nitrogen and oxygen atoms in total. The minimum atomic E-state index is -3.77. The summed E-state index contributed by atoms with van der Waals surface area (Å²) in [7, 11) is -3.77. The molecule has 0 aliphatic heterocycles. The van der Waals surface area contributed by atoms with Gasteiger partial charge in [0.2, 0.25) is 0 Å². The third-order valence-corrected chi connectivity index (χ3v) is 3.03. The van der Waals surface area contributed by atoms with Gasteiger partial charge in [0.1, 0.15) is 0 Å². The molecule has 0 spiro atoms. The van der Waals surface area contributed by atoms with Gasteiger partial charge in [-0.25, -0.2) is 0 Å². The lowest BCUT2D eigenvalue weighted by atomic mass is 9.90. The van der Waals surface area contributed by atoms with Crippen LogP contribution in [0.25, 0.3) is 0 Å². The van der Waals surface area contributed by atoms with Gasteiger partial charge >= 0.3 is 7.94 Å². The third-order valence-electron chi connectivity index (χ3n) is 2.25. The predicted molar refractivity (Wildman–Crippen MR) is 54.5 cm³/mol. The lowest BCUT2D eigenvalue weighted by Gasteiger charge is -2.28. The molecule has 0 aliphatic carbocycles. The first-order valence-corrected chi connectivity index (χ1v) is 6.38. The van der Waals surface area contributed by atoms with Crippen LogP contribution in [0.15, 0.2) is 0 Å². The maximum atomic E-state index is 9.52. The van der Waals surface area contributed by atoms with E-state index in [0.29, 0.717) is 0 Å². The van der Waals surface area contributed by atoms with E-state index in [0.717, 1.165) is 6.42 Å². The fraction of sp³-hybridized carbons (Fsp3) is 1.00. The quantitative estimate of drug-likeness (QED) is 0.392. The highest BCUT2D eigenvalue weighted by molar-refractivity contribution is 7.58. The normalized spacial score (nSPS) is 15.6. The number of aliphatic hydroxyl groups excluding tert-OH is 1. The molecule has 0 heterocycles. The maximum Gasteiger partial charge on any atom is 0.406 e. The Kier molecular flexibility index (Phi) is 5.44. The summed E-state index contributed by atoms with van der Waals surface area (Å²) in [4.78, 5) is 26.0. The van der Waals surface area contributed by atoms with Crippen LogP contribution in [0.5, 0.6) is 0 Å². The zero-order valence-corrected chi connectivity index (χ0v) is 9.74. The van der Waals surface area contributed by atoms with E-state index in [2.05, 4.69) is 0 Å². The largest absolute Gasteiger partial charge is 0.406 e. The summed E-state index contributed by atoms with van der Waals surface area (Å²) in [6.45, 7) is 5.55. The second-order valence-corrected chi connectivity index (χ2v) is 5.81. The van der Waals surface area contributed by atoms with Crippen LogP contribution in [0.3, 0.4) is 0 Å². The second-order valence-electron chi connectivity index (χ2n) is 3.98. The van der Waals surface area contributed by atoms with Gasteiger partial charge in [0.05, 0.1) is 6.61 Å². The first-order chi connectivity index (χ1) is 6.19. The molecular formula is C8H20O5P+. The van der Waals surface area contributed by atoms with Crippen LogP contribution < -0.4 is 0 Å². The minimum Gasteiger partial charge on any atom is -0.368 e. The van der Waals surface area contributed by atoms with Gasteiger partial charge in [-0.1, -0.05) is 20.8 Å². The van der Waals surface area contributed by atoms with E-state index in [1.165, 1.54) is 0 Å². The Labute approximate surface area is 84.9 Å². The zero-order chi connectivity index (χ0) is 11.4. The lowest BCUT2D eigenvalue weighted by Crippen LogP contribution is -2.32. The van der Waals surface area contributed by atoms with Crippen molar-refractivity contribution in [2.45, 2.75) is 33.5 Å². The molecule has 0 radical (unpaired) electrons. The van der Waals surface area contributed by atoms with Crippen LogP contribution >= 0.6 is 7.94 Å². The van der Waals surface area contributed by atoms with Gasteiger partial charge in [-0.05, 0) is 6.42 Å². The van der Waals surface area contributed by atoms with E-state index in [9.17, 15) is 5.11 Å². The number of rotatable bonds is 6. The van der Waals surface area contributed by atoms with Crippen molar-refractivity contribution >= 4 is 7.94 Å². The van der Waals surface area contributed by atoms with Gasteiger partial charge in [-0.3, -0.25) is 0 Å². The number of aliphatic hydroxyl groups is 1. The Bertz CT molecular complexity index is 166. The standard InChI is InChI=1S/C8H20O5P/c1-4-8(2,3)7(9)13-5-6-14(10,11)12/h7,9-12H,4-6H2,1-3H3/q+1. The minimum absolute atomic E-state index is 0.0676. The average molecular weight is 227 g/mol. The van der Waals surface area contributed by atoms with Crippen molar-refractivity contribution < 1.29 is 24.5 Å². The van der Waals surface area contributed by atoms with E-state index in [1.807, 2.05) is 20.8 Å². The fourth-order valence-corrected chi connectivity index (χ4v) is 1.04. The summed E-state index contributed by atoms with van der Waals surface area (Å²) in [6, 6.07) is 0. The third kappa shape index (κ3) is 5.86. The molecule has 0 bridgehead atoms. The molecule has 6 heteroatoms. The summed E-state index contributed by atoms with van der Waals surface area (Å²) < 4.78 is 4.98. The van der Waals surface area contributed by atoms with Crippen molar-refractivity contribution in [3.05, 3.63) is 0 Å². The molecule has 0 aliphatic rings. The Balaban J connectivity index is 3.80. The number of hydrogen-bond acceptors (Lipinski definition) is 5.